The molecule has 0 aliphatic heterocycles. The zero-order valence-corrected chi connectivity index (χ0v) is 11.8. The molecule has 1 aromatic rings. The van der Waals surface area contributed by atoms with Gasteiger partial charge in [-0.15, -0.1) is 0 Å². The number of carbonyl (C=O) groups is 2. The third-order valence-corrected chi connectivity index (χ3v) is 2.98. The molecular weight excluding hydrogens is 258 g/mol. The highest BCUT2D eigenvalue weighted by atomic mass is 16.6. The lowest BCUT2D eigenvalue weighted by Gasteiger charge is -2.27. The molecule has 0 aromatic heterocycles. The Hall–Kier alpha value is -2.24. The molecule has 6 nitrogen and oxygen atoms in total. The average Bonchev–Trinajstić information content (AvgIpc) is 2.29. The molecule has 0 unspecified atom stereocenters. The van der Waals surface area contributed by atoms with Crippen LogP contribution in [0.25, 0.3) is 0 Å². The van der Waals surface area contributed by atoms with Gasteiger partial charge < -0.3 is 21.9 Å². The van der Waals surface area contributed by atoms with Gasteiger partial charge in [0.2, 0.25) is 5.91 Å². The molecule has 0 radical (unpaired) electrons. The number of carbonyl (C=O) groups excluding carboxylic acids is 2. The fraction of sp³-hybridized carbons (Fsp3) is 0.429. The molecular formula is C14H21N3O3. The second-order valence-electron chi connectivity index (χ2n) is 5.43. The third-order valence-electron chi connectivity index (χ3n) is 2.98. The first-order valence-corrected chi connectivity index (χ1v) is 6.32. The molecule has 0 heterocycles. The summed E-state index contributed by atoms with van der Waals surface area (Å²) in [5.41, 5.74) is 16.8. The van der Waals surface area contributed by atoms with Gasteiger partial charge in [-0.05, 0) is 44.4 Å². The van der Waals surface area contributed by atoms with E-state index in [4.69, 9.17) is 21.9 Å². The van der Waals surface area contributed by atoms with Gasteiger partial charge in [0, 0.05) is 11.6 Å². The molecule has 20 heavy (non-hydrogen) atoms. The Balaban J connectivity index is 2.77. The first-order valence-electron chi connectivity index (χ1n) is 6.32. The van der Waals surface area contributed by atoms with E-state index in [-0.39, 0.29) is 0 Å². The van der Waals surface area contributed by atoms with Gasteiger partial charge in [0.15, 0.2) is 0 Å². The van der Waals surface area contributed by atoms with Crippen LogP contribution >= 0.6 is 0 Å². The number of nitrogen functional groups attached to an aromatic ring is 1. The molecule has 6 N–H and O–H groups in total. The number of ether oxygens (including phenoxy) is 1. The molecule has 0 spiro atoms. The fourth-order valence-electron chi connectivity index (χ4n) is 2.12. The van der Waals surface area contributed by atoms with Gasteiger partial charge in [-0.25, -0.2) is 4.79 Å². The molecule has 110 valence electrons. The first kappa shape index (κ1) is 15.8. The Morgan fingerprint density at radius 2 is 1.75 bits per heavy atom. The molecule has 6 heteroatoms. The van der Waals surface area contributed by atoms with Gasteiger partial charge >= 0.3 is 6.09 Å². The Kier molecular flexibility index (Phi) is 4.96. The van der Waals surface area contributed by atoms with Crippen molar-refractivity contribution in [3.63, 3.8) is 0 Å². The van der Waals surface area contributed by atoms with Crippen LogP contribution in [-0.4, -0.2) is 17.6 Å². The van der Waals surface area contributed by atoms with Crippen molar-refractivity contribution in [2.45, 2.75) is 32.3 Å². The zero-order valence-electron chi connectivity index (χ0n) is 11.8. The van der Waals surface area contributed by atoms with Crippen LogP contribution < -0.4 is 17.2 Å². The molecule has 2 amide bonds. The minimum Gasteiger partial charge on any atom is -0.444 e. The highest BCUT2D eigenvalue weighted by Gasteiger charge is 2.29. The van der Waals surface area contributed by atoms with E-state index in [1.165, 1.54) is 0 Å². The van der Waals surface area contributed by atoms with Crippen LogP contribution in [0.2, 0.25) is 0 Å². The third kappa shape index (κ3) is 5.17. The summed E-state index contributed by atoms with van der Waals surface area (Å²) in [6.45, 7) is 3.38. The molecule has 0 saturated carbocycles. The van der Waals surface area contributed by atoms with Crippen molar-refractivity contribution in [1.29, 1.82) is 0 Å². The van der Waals surface area contributed by atoms with Crippen LogP contribution in [-0.2, 0) is 16.0 Å². The second kappa shape index (κ2) is 6.27. The van der Waals surface area contributed by atoms with Crippen molar-refractivity contribution < 1.29 is 14.3 Å². The van der Waals surface area contributed by atoms with Gasteiger partial charge in [-0.1, -0.05) is 12.1 Å². The van der Waals surface area contributed by atoms with E-state index in [2.05, 4.69) is 0 Å². The maximum absolute atomic E-state index is 11.6. The molecule has 0 fully saturated rings. The Bertz CT molecular complexity index is 483. The molecule has 0 aliphatic rings. The topological polar surface area (TPSA) is 121 Å². The van der Waals surface area contributed by atoms with Crippen LogP contribution in [0.4, 0.5) is 10.5 Å². The molecule has 0 saturated heterocycles. The molecule has 1 atom stereocenters. The number of primary amides is 2. The van der Waals surface area contributed by atoms with E-state index >= 15 is 0 Å². The highest BCUT2D eigenvalue weighted by molar-refractivity contribution is 5.77. The van der Waals surface area contributed by atoms with Gasteiger partial charge in [-0.3, -0.25) is 4.79 Å². The fourth-order valence-corrected chi connectivity index (χ4v) is 2.12. The van der Waals surface area contributed by atoms with E-state index in [1.807, 2.05) is 12.1 Å². The minimum atomic E-state index is -0.870. The number of rotatable bonds is 6. The van der Waals surface area contributed by atoms with Crippen LogP contribution in [0, 0.1) is 5.92 Å². The predicted octanol–water partition coefficient (Wildman–Crippen LogP) is 1.18. The van der Waals surface area contributed by atoms with E-state index in [9.17, 15) is 9.59 Å². The van der Waals surface area contributed by atoms with E-state index < -0.39 is 23.5 Å². The highest BCUT2D eigenvalue weighted by Crippen LogP contribution is 2.24. The number of hydrogen-bond donors (Lipinski definition) is 3. The summed E-state index contributed by atoms with van der Waals surface area (Å²) in [6.07, 6.45) is -0.109. The SMILES string of the molecule is CC(C)(C[C@@H](Cc1ccc(N)cc1)C(N)=O)OC(N)=O. The zero-order chi connectivity index (χ0) is 15.3. The van der Waals surface area contributed by atoms with Gasteiger partial charge in [0.25, 0.3) is 0 Å². The van der Waals surface area contributed by atoms with Crippen LogP contribution in [0.1, 0.15) is 25.8 Å². The summed E-state index contributed by atoms with van der Waals surface area (Å²) >= 11 is 0. The lowest BCUT2D eigenvalue weighted by molar-refractivity contribution is -0.123. The van der Waals surface area contributed by atoms with Crippen molar-refractivity contribution in [3.8, 4) is 0 Å². The summed E-state index contributed by atoms with van der Waals surface area (Å²) in [5, 5.41) is 0. The number of hydrogen-bond acceptors (Lipinski definition) is 4. The lowest BCUT2D eigenvalue weighted by Crippen LogP contribution is -2.37. The number of amides is 2. The molecule has 0 bridgehead atoms. The van der Waals surface area contributed by atoms with Crippen molar-refractivity contribution >= 4 is 17.7 Å². The van der Waals surface area contributed by atoms with Crippen LogP contribution in [0.3, 0.4) is 0 Å². The van der Waals surface area contributed by atoms with Crippen LogP contribution in [0.5, 0.6) is 0 Å². The second-order valence-corrected chi connectivity index (χ2v) is 5.43. The van der Waals surface area contributed by atoms with Gasteiger partial charge in [-0.2, -0.15) is 0 Å². The van der Waals surface area contributed by atoms with Gasteiger partial charge in [0.05, 0.1) is 0 Å². The summed E-state index contributed by atoms with van der Waals surface area (Å²) in [6, 6.07) is 7.21. The predicted molar refractivity (Wildman–Crippen MR) is 76.6 cm³/mol. The van der Waals surface area contributed by atoms with E-state index in [0.29, 0.717) is 18.5 Å². The average molecular weight is 279 g/mol. The molecule has 1 aromatic carbocycles. The largest absolute Gasteiger partial charge is 0.444 e. The first-order chi connectivity index (χ1) is 9.19. The van der Waals surface area contributed by atoms with Crippen molar-refractivity contribution in [1.82, 2.24) is 0 Å². The monoisotopic (exact) mass is 279 g/mol. The number of nitrogens with two attached hydrogens (primary N) is 3. The molecule has 0 aliphatic carbocycles. The maximum atomic E-state index is 11.6. The Morgan fingerprint density at radius 1 is 1.20 bits per heavy atom. The summed E-state index contributed by atoms with van der Waals surface area (Å²) < 4.78 is 4.99. The Labute approximate surface area is 118 Å². The van der Waals surface area contributed by atoms with Gasteiger partial charge in [0.1, 0.15) is 5.60 Å². The van der Waals surface area contributed by atoms with E-state index in [1.54, 1.807) is 26.0 Å². The quantitative estimate of drug-likeness (QED) is 0.677. The number of benzene rings is 1. The summed E-state index contributed by atoms with van der Waals surface area (Å²) in [5.74, 6) is -0.893. The van der Waals surface area contributed by atoms with Crippen molar-refractivity contribution in [3.05, 3.63) is 29.8 Å². The maximum Gasteiger partial charge on any atom is 0.405 e. The smallest absolute Gasteiger partial charge is 0.405 e. The van der Waals surface area contributed by atoms with Crippen LogP contribution in [0.15, 0.2) is 24.3 Å². The molecule has 1 rings (SSSR count). The summed E-state index contributed by atoms with van der Waals surface area (Å²) in [4.78, 5) is 22.4. The standard InChI is InChI=1S/C14H21N3O3/c1-14(2,20-13(17)19)8-10(12(16)18)7-9-3-5-11(15)6-4-9/h3-6,10H,7-8,15H2,1-2H3,(H2,16,18)(H2,17,19)/t10-/m1/s1. The van der Waals surface area contributed by atoms with Crippen molar-refractivity contribution in [2.24, 2.45) is 17.4 Å². The lowest BCUT2D eigenvalue weighted by atomic mass is 9.88. The minimum absolute atomic E-state index is 0.301. The number of anilines is 1. The van der Waals surface area contributed by atoms with E-state index in [0.717, 1.165) is 5.56 Å². The normalized spacial score (nSPS) is 12.7. The van der Waals surface area contributed by atoms with Crippen molar-refractivity contribution in [2.75, 3.05) is 5.73 Å². The summed E-state index contributed by atoms with van der Waals surface area (Å²) in [7, 11) is 0. The Morgan fingerprint density at radius 3 is 2.20 bits per heavy atom.